The lowest BCUT2D eigenvalue weighted by molar-refractivity contribution is 0.636. The standard InChI is InChI=1S/C18H18N8/c1-14-6-8-26(23-14)17-5-4-16(21-22-17)24-9-11-25(12-10-24)18-15(13-19)3-2-7-20-18/h2-8H,9-12H2,1H3. The zero-order chi connectivity index (χ0) is 17.9. The molecule has 26 heavy (non-hydrogen) atoms. The first kappa shape index (κ1) is 16.0. The number of aromatic nitrogens is 5. The van der Waals surface area contributed by atoms with Crippen molar-refractivity contribution in [2.24, 2.45) is 0 Å². The summed E-state index contributed by atoms with van der Waals surface area (Å²) in [7, 11) is 0. The Bertz CT molecular complexity index is 932. The minimum atomic E-state index is 0.611. The van der Waals surface area contributed by atoms with E-state index in [-0.39, 0.29) is 0 Å². The number of nitrogens with zero attached hydrogens (tertiary/aromatic N) is 8. The molecular weight excluding hydrogens is 328 g/mol. The van der Waals surface area contributed by atoms with Gasteiger partial charge in [0.1, 0.15) is 11.9 Å². The van der Waals surface area contributed by atoms with E-state index in [0.29, 0.717) is 11.4 Å². The minimum absolute atomic E-state index is 0.611. The summed E-state index contributed by atoms with van der Waals surface area (Å²) in [5.41, 5.74) is 1.55. The molecule has 0 spiro atoms. The number of hydrogen-bond donors (Lipinski definition) is 0. The zero-order valence-corrected chi connectivity index (χ0v) is 14.4. The summed E-state index contributed by atoms with van der Waals surface area (Å²) in [5.74, 6) is 2.30. The molecule has 3 aromatic heterocycles. The second-order valence-electron chi connectivity index (χ2n) is 6.11. The van der Waals surface area contributed by atoms with Crippen LogP contribution in [-0.4, -0.2) is 51.1 Å². The molecule has 0 amide bonds. The summed E-state index contributed by atoms with van der Waals surface area (Å²) in [6.07, 6.45) is 3.60. The molecule has 130 valence electrons. The average molecular weight is 346 g/mol. The van der Waals surface area contributed by atoms with Crippen molar-refractivity contribution in [3.8, 4) is 11.9 Å². The Hall–Kier alpha value is -3.47. The molecule has 1 aliphatic rings. The molecule has 4 rings (SSSR count). The van der Waals surface area contributed by atoms with Gasteiger partial charge >= 0.3 is 0 Å². The molecule has 0 radical (unpaired) electrons. The van der Waals surface area contributed by atoms with Crippen molar-refractivity contribution in [2.45, 2.75) is 6.92 Å². The quantitative estimate of drug-likeness (QED) is 0.711. The van der Waals surface area contributed by atoms with E-state index < -0.39 is 0 Å². The van der Waals surface area contributed by atoms with Crippen molar-refractivity contribution >= 4 is 11.6 Å². The Morgan fingerprint density at radius 3 is 2.35 bits per heavy atom. The van der Waals surface area contributed by atoms with Gasteiger partial charge < -0.3 is 9.80 Å². The molecule has 0 unspecified atom stereocenters. The topological polar surface area (TPSA) is 86.8 Å². The van der Waals surface area contributed by atoms with Gasteiger partial charge in [-0.2, -0.15) is 10.4 Å². The molecule has 8 heteroatoms. The minimum Gasteiger partial charge on any atom is -0.352 e. The van der Waals surface area contributed by atoms with Crippen LogP contribution in [0.15, 0.2) is 42.7 Å². The number of anilines is 2. The average Bonchev–Trinajstić information content (AvgIpc) is 3.14. The summed E-state index contributed by atoms with van der Waals surface area (Å²) in [6.45, 7) is 5.12. The molecular formula is C18H18N8. The molecule has 4 heterocycles. The second-order valence-corrected chi connectivity index (χ2v) is 6.11. The van der Waals surface area contributed by atoms with Crippen LogP contribution in [0.5, 0.6) is 0 Å². The van der Waals surface area contributed by atoms with Gasteiger partial charge in [0.2, 0.25) is 0 Å². The highest BCUT2D eigenvalue weighted by Gasteiger charge is 2.21. The summed E-state index contributed by atoms with van der Waals surface area (Å²) in [6, 6.07) is 11.6. The molecule has 1 saturated heterocycles. The van der Waals surface area contributed by atoms with Crippen LogP contribution in [-0.2, 0) is 0 Å². The van der Waals surface area contributed by atoms with Crippen molar-refractivity contribution in [3.63, 3.8) is 0 Å². The first-order chi connectivity index (χ1) is 12.7. The summed E-state index contributed by atoms with van der Waals surface area (Å²) in [5, 5.41) is 22.2. The Labute approximate surface area is 151 Å². The molecule has 1 fully saturated rings. The number of piperazine rings is 1. The fourth-order valence-corrected chi connectivity index (χ4v) is 3.04. The molecule has 0 N–H and O–H groups in total. The van der Waals surface area contributed by atoms with Crippen LogP contribution in [0.4, 0.5) is 11.6 Å². The van der Waals surface area contributed by atoms with Crippen molar-refractivity contribution in [1.29, 1.82) is 5.26 Å². The maximum absolute atomic E-state index is 9.25. The van der Waals surface area contributed by atoms with Crippen LogP contribution in [0.2, 0.25) is 0 Å². The monoisotopic (exact) mass is 346 g/mol. The first-order valence-corrected chi connectivity index (χ1v) is 8.46. The van der Waals surface area contributed by atoms with E-state index in [0.717, 1.165) is 43.5 Å². The number of rotatable bonds is 3. The van der Waals surface area contributed by atoms with Crippen LogP contribution in [0.1, 0.15) is 11.3 Å². The highest BCUT2D eigenvalue weighted by atomic mass is 15.4. The van der Waals surface area contributed by atoms with E-state index in [1.807, 2.05) is 31.3 Å². The van der Waals surface area contributed by atoms with Gasteiger partial charge in [-0.1, -0.05) is 0 Å². The second kappa shape index (κ2) is 6.80. The number of aryl methyl sites for hydroxylation is 1. The van der Waals surface area contributed by atoms with Crippen LogP contribution < -0.4 is 9.80 Å². The zero-order valence-electron chi connectivity index (χ0n) is 14.4. The molecule has 1 aliphatic heterocycles. The molecule has 0 atom stereocenters. The predicted molar refractivity (Wildman–Crippen MR) is 97.3 cm³/mol. The van der Waals surface area contributed by atoms with E-state index in [1.165, 1.54) is 0 Å². The van der Waals surface area contributed by atoms with Crippen molar-refractivity contribution in [2.75, 3.05) is 36.0 Å². The van der Waals surface area contributed by atoms with Crippen LogP contribution in [0.25, 0.3) is 5.82 Å². The summed E-state index contributed by atoms with van der Waals surface area (Å²) in [4.78, 5) is 8.70. The number of hydrogen-bond acceptors (Lipinski definition) is 7. The lowest BCUT2D eigenvalue weighted by atomic mass is 10.2. The van der Waals surface area contributed by atoms with Crippen molar-refractivity contribution < 1.29 is 0 Å². The summed E-state index contributed by atoms with van der Waals surface area (Å²) >= 11 is 0. The Kier molecular flexibility index (Phi) is 4.19. The fourth-order valence-electron chi connectivity index (χ4n) is 3.04. The lowest BCUT2D eigenvalue weighted by Gasteiger charge is -2.36. The summed E-state index contributed by atoms with van der Waals surface area (Å²) < 4.78 is 1.72. The van der Waals surface area contributed by atoms with Crippen LogP contribution in [0, 0.1) is 18.3 Å². The molecule has 3 aromatic rings. The Balaban J connectivity index is 1.44. The smallest absolute Gasteiger partial charge is 0.175 e. The first-order valence-electron chi connectivity index (χ1n) is 8.46. The van der Waals surface area contributed by atoms with Crippen molar-refractivity contribution in [3.05, 3.63) is 54.0 Å². The third-order valence-electron chi connectivity index (χ3n) is 4.40. The van der Waals surface area contributed by atoms with Gasteiger partial charge in [0.15, 0.2) is 11.6 Å². The molecule has 0 aliphatic carbocycles. The Morgan fingerprint density at radius 2 is 1.69 bits per heavy atom. The van der Waals surface area contributed by atoms with E-state index in [4.69, 9.17) is 0 Å². The van der Waals surface area contributed by atoms with Crippen LogP contribution >= 0.6 is 0 Å². The third kappa shape index (κ3) is 3.07. The van der Waals surface area contributed by atoms with Gasteiger partial charge in [-0.3, -0.25) is 0 Å². The number of pyridine rings is 1. The molecule has 0 bridgehead atoms. The normalized spacial score (nSPS) is 14.3. The van der Waals surface area contributed by atoms with Crippen molar-refractivity contribution in [1.82, 2.24) is 25.0 Å². The predicted octanol–water partition coefficient (Wildman–Crippen LogP) is 1.56. The lowest BCUT2D eigenvalue weighted by Crippen LogP contribution is -2.47. The van der Waals surface area contributed by atoms with Gasteiger partial charge in [0, 0.05) is 38.6 Å². The van der Waals surface area contributed by atoms with Crippen LogP contribution in [0.3, 0.4) is 0 Å². The van der Waals surface area contributed by atoms with E-state index in [2.05, 4.69) is 36.1 Å². The maximum atomic E-state index is 9.25. The largest absolute Gasteiger partial charge is 0.352 e. The van der Waals surface area contributed by atoms with Gasteiger partial charge in [-0.25, -0.2) is 9.67 Å². The highest BCUT2D eigenvalue weighted by molar-refractivity contribution is 5.55. The number of nitriles is 1. The molecule has 0 aromatic carbocycles. The van der Waals surface area contributed by atoms with Gasteiger partial charge in [0.25, 0.3) is 0 Å². The van der Waals surface area contributed by atoms with Gasteiger partial charge in [0.05, 0.1) is 11.3 Å². The fraction of sp³-hybridized carbons (Fsp3) is 0.278. The highest BCUT2D eigenvalue weighted by Crippen LogP contribution is 2.20. The Morgan fingerprint density at radius 1 is 0.962 bits per heavy atom. The van der Waals surface area contributed by atoms with Gasteiger partial charge in [-0.05, 0) is 37.3 Å². The maximum Gasteiger partial charge on any atom is 0.175 e. The third-order valence-corrected chi connectivity index (χ3v) is 4.40. The van der Waals surface area contributed by atoms with E-state index >= 15 is 0 Å². The molecule has 0 saturated carbocycles. The van der Waals surface area contributed by atoms with Gasteiger partial charge in [-0.15, -0.1) is 10.2 Å². The molecule has 8 nitrogen and oxygen atoms in total. The SMILES string of the molecule is Cc1ccn(-c2ccc(N3CCN(c4ncccc4C#N)CC3)nn2)n1. The van der Waals surface area contributed by atoms with E-state index in [1.54, 1.807) is 23.0 Å². The van der Waals surface area contributed by atoms with E-state index in [9.17, 15) is 5.26 Å².